The number of halogens is 1. The van der Waals surface area contributed by atoms with E-state index in [0.29, 0.717) is 22.9 Å². The van der Waals surface area contributed by atoms with Gasteiger partial charge >= 0.3 is 0 Å². The molecule has 0 aromatic heterocycles. The van der Waals surface area contributed by atoms with Gasteiger partial charge in [0.25, 0.3) is 0 Å². The van der Waals surface area contributed by atoms with Crippen molar-refractivity contribution in [3.05, 3.63) is 88.9 Å². The number of hydrogen-bond donors (Lipinski definition) is 1. The molecule has 0 aliphatic heterocycles. The lowest BCUT2D eigenvalue weighted by molar-refractivity contribution is -0.115. The van der Waals surface area contributed by atoms with Gasteiger partial charge in [0.15, 0.2) is 5.78 Å². The van der Waals surface area contributed by atoms with Crippen molar-refractivity contribution in [3.63, 3.8) is 0 Å². The molecule has 0 heterocycles. The molecular formula is C24H22ClNO3S. The molecule has 0 saturated carbocycles. The maximum atomic E-state index is 12.4. The van der Waals surface area contributed by atoms with Gasteiger partial charge in [0.1, 0.15) is 5.75 Å². The highest BCUT2D eigenvalue weighted by Gasteiger charge is 2.08. The zero-order valence-corrected chi connectivity index (χ0v) is 18.1. The van der Waals surface area contributed by atoms with Crippen molar-refractivity contribution in [3.8, 4) is 5.75 Å². The van der Waals surface area contributed by atoms with Crippen molar-refractivity contribution in [2.24, 2.45) is 0 Å². The van der Waals surface area contributed by atoms with E-state index < -0.39 is 0 Å². The molecule has 0 radical (unpaired) electrons. The highest BCUT2D eigenvalue weighted by atomic mass is 35.5. The van der Waals surface area contributed by atoms with Crippen molar-refractivity contribution in [1.82, 2.24) is 0 Å². The van der Waals surface area contributed by atoms with E-state index in [1.807, 2.05) is 55.5 Å². The Morgan fingerprint density at radius 1 is 0.933 bits per heavy atom. The summed E-state index contributed by atoms with van der Waals surface area (Å²) in [6.45, 7) is 2.52. The molecule has 3 rings (SSSR count). The molecule has 1 amide bonds. The van der Waals surface area contributed by atoms with Crippen molar-refractivity contribution < 1.29 is 14.3 Å². The molecule has 0 unspecified atom stereocenters. The normalized spacial score (nSPS) is 10.5. The predicted octanol–water partition coefficient (Wildman–Crippen LogP) is 5.89. The molecule has 0 bridgehead atoms. The summed E-state index contributed by atoms with van der Waals surface area (Å²) in [5.41, 5.74) is 2.28. The number of thioether (sulfide) groups is 1. The lowest BCUT2D eigenvalue weighted by Gasteiger charge is -2.07. The SMILES string of the molecule is CCOc1ccc(C(=O)CSc2ccc(NC(=O)Cc3ccc(Cl)cc3)cc2)cc1. The second-order valence-electron chi connectivity index (χ2n) is 6.55. The first kappa shape index (κ1) is 21.9. The Morgan fingerprint density at radius 3 is 2.23 bits per heavy atom. The molecule has 154 valence electrons. The highest BCUT2D eigenvalue weighted by Crippen LogP contribution is 2.22. The van der Waals surface area contributed by atoms with E-state index in [9.17, 15) is 9.59 Å². The van der Waals surface area contributed by atoms with Crippen molar-refractivity contribution in [2.75, 3.05) is 17.7 Å². The number of amides is 1. The molecule has 0 spiro atoms. The van der Waals surface area contributed by atoms with Gasteiger partial charge in [-0.3, -0.25) is 9.59 Å². The number of carbonyl (C=O) groups excluding carboxylic acids is 2. The molecule has 0 fully saturated rings. The van der Waals surface area contributed by atoms with Gasteiger partial charge in [0.2, 0.25) is 5.91 Å². The Hall–Kier alpha value is -2.76. The van der Waals surface area contributed by atoms with Crippen LogP contribution in [0.2, 0.25) is 5.02 Å². The fraction of sp³-hybridized carbons (Fsp3) is 0.167. The standard InChI is InChI=1S/C24H22ClNO3S/c1-2-29-21-11-5-18(6-12-21)23(27)16-30-22-13-9-20(10-14-22)26-24(28)15-17-3-7-19(25)8-4-17/h3-14H,2,15-16H2,1H3,(H,26,28). The molecule has 4 nitrogen and oxygen atoms in total. The minimum absolute atomic E-state index is 0.0587. The Bertz CT molecular complexity index is 986. The molecule has 3 aromatic rings. The molecule has 6 heteroatoms. The zero-order chi connectivity index (χ0) is 21.3. The summed E-state index contributed by atoms with van der Waals surface area (Å²) in [6.07, 6.45) is 0.282. The topological polar surface area (TPSA) is 55.4 Å². The van der Waals surface area contributed by atoms with Crippen LogP contribution in [0, 0.1) is 0 Å². The van der Waals surface area contributed by atoms with Crippen LogP contribution in [0.1, 0.15) is 22.8 Å². The number of benzene rings is 3. The van der Waals surface area contributed by atoms with E-state index in [2.05, 4.69) is 5.32 Å². The van der Waals surface area contributed by atoms with Crippen LogP contribution >= 0.6 is 23.4 Å². The van der Waals surface area contributed by atoms with Gasteiger partial charge in [0, 0.05) is 21.2 Å². The summed E-state index contributed by atoms with van der Waals surface area (Å²) >= 11 is 7.33. The number of hydrogen-bond acceptors (Lipinski definition) is 4. The molecule has 1 N–H and O–H groups in total. The van der Waals surface area contributed by atoms with E-state index in [0.717, 1.165) is 21.9 Å². The lowest BCUT2D eigenvalue weighted by atomic mass is 10.1. The summed E-state index contributed by atoms with van der Waals surface area (Å²) < 4.78 is 5.39. The minimum Gasteiger partial charge on any atom is -0.494 e. The summed E-state index contributed by atoms with van der Waals surface area (Å²) in [7, 11) is 0. The van der Waals surface area contributed by atoms with Gasteiger partial charge in [0.05, 0.1) is 18.8 Å². The number of anilines is 1. The molecule has 30 heavy (non-hydrogen) atoms. The largest absolute Gasteiger partial charge is 0.494 e. The van der Waals surface area contributed by atoms with Crippen LogP contribution in [0.4, 0.5) is 5.69 Å². The van der Waals surface area contributed by atoms with Crippen LogP contribution in [0.5, 0.6) is 5.75 Å². The molecule has 0 aliphatic rings. The van der Waals surface area contributed by atoms with Crippen molar-refractivity contribution >= 4 is 40.7 Å². The lowest BCUT2D eigenvalue weighted by Crippen LogP contribution is -2.14. The number of nitrogens with one attached hydrogen (secondary N) is 1. The number of carbonyl (C=O) groups is 2. The molecule has 0 aliphatic carbocycles. The Labute approximate surface area is 185 Å². The van der Waals surface area contributed by atoms with E-state index >= 15 is 0 Å². The van der Waals surface area contributed by atoms with Gasteiger partial charge in [-0.25, -0.2) is 0 Å². The van der Waals surface area contributed by atoms with Gasteiger partial charge in [-0.2, -0.15) is 0 Å². The number of rotatable bonds is 9. The minimum atomic E-state index is -0.0941. The van der Waals surface area contributed by atoms with Crippen LogP contribution in [0.25, 0.3) is 0 Å². The number of ether oxygens (including phenoxy) is 1. The van der Waals surface area contributed by atoms with E-state index in [1.165, 1.54) is 11.8 Å². The second-order valence-corrected chi connectivity index (χ2v) is 8.03. The molecule has 3 aromatic carbocycles. The fourth-order valence-electron chi connectivity index (χ4n) is 2.76. The number of ketones is 1. The van der Waals surface area contributed by atoms with Gasteiger partial charge in [-0.05, 0) is 73.2 Å². The average Bonchev–Trinajstić information content (AvgIpc) is 2.75. The maximum absolute atomic E-state index is 12.4. The maximum Gasteiger partial charge on any atom is 0.228 e. The summed E-state index contributed by atoms with van der Waals surface area (Å²) in [4.78, 5) is 25.5. The fourth-order valence-corrected chi connectivity index (χ4v) is 3.68. The first-order valence-electron chi connectivity index (χ1n) is 9.56. The summed E-state index contributed by atoms with van der Waals surface area (Å²) in [5.74, 6) is 1.07. The van der Waals surface area contributed by atoms with E-state index in [4.69, 9.17) is 16.3 Å². The Morgan fingerprint density at radius 2 is 1.60 bits per heavy atom. The van der Waals surface area contributed by atoms with Crippen LogP contribution < -0.4 is 10.1 Å². The zero-order valence-electron chi connectivity index (χ0n) is 16.6. The van der Waals surface area contributed by atoms with Crippen molar-refractivity contribution in [2.45, 2.75) is 18.2 Å². The van der Waals surface area contributed by atoms with Crippen LogP contribution in [-0.4, -0.2) is 24.1 Å². The quantitative estimate of drug-likeness (QED) is 0.333. The Kier molecular flexibility index (Phi) is 7.94. The molecule has 0 atom stereocenters. The Balaban J connectivity index is 1.48. The predicted molar refractivity (Wildman–Crippen MR) is 123 cm³/mol. The van der Waals surface area contributed by atoms with Crippen LogP contribution in [0.3, 0.4) is 0 Å². The number of Topliss-reactive ketones (excluding diaryl/α,β-unsaturated/α-hetero) is 1. The van der Waals surface area contributed by atoms with Crippen LogP contribution in [0.15, 0.2) is 77.7 Å². The van der Waals surface area contributed by atoms with Gasteiger partial charge in [-0.1, -0.05) is 23.7 Å². The molecule has 0 saturated heterocycles. The van der Waals surface area contributed by atoms with E-state index in [-0.39, 0.29) is 18.1 Å². The average molecular weight is 440 g/mol. The monoisotopic (exact) mass is 439 g/mol. The highest BCUT2D eigenvalue weighted by molar-refractivity contribution is 8.00. The summed E-state index contributed by atoms with van der Waals surface area (Å²) in [5, 5.41) is 3.53. The third-order valence-corrected chi connectivity index (χ3v) is 5.54. The van der Waals surface area contributed by atoms with E-state index in [1.54, 1.807) is 24.3 Å². The van der Waals surface area contributed by atoms with Crippen LogP contribution in [-0.2, 0) is 11.2 Å². The van der Waals surface area contributed by atoms with Gasteiger partial charge in [-0.15, -0.1) is 11.8 Å². The molecular weight excluding hydrogens is 418 g/mol. The smallest absolute Gasteiger partial charge is 0.228 e. The first-order chi connectivity index (χ1) is 14.5. The second kappa shape index (κ2) is 10.9. The van der Waals surface area contributed by atoms with Crippen molar-refractivity contribution in [1.29, 1.82) is 0 Å². The third-order valence-electron chi connectivity index (χ3n) is 4.27. The first-order valence-corrected chi connectivity index (χ1v) is 10.9. The third kappa shape index (κ3) is 6.65. The van der Waals surface area contributed by atoms with Gasteiger partial charge < -0.3 is 10.1 Å². The summed E-state index contributed by atoms with van der Waals surface area (Å²) in [6, 6.07) is 21.9.